The lowest BCUT2D eigenvalue weighted by Crippen LogP contribution is -2.02. The maximum atomic E-state index is 11.0. The van der Waals surface area contributed by atoms with Gasteiger partial charge in [0.25, 0.3) is 5.69 Å². The Balaban J connectivity index is 3.46. The highest BCUT2D eigenvalue weighted by Gasteiger charge is 2.20. The second kappa shape index (κ2) is 3.14. The van der Waals surface area contributed by atoms with Gasteiger partial charge in [0.1, 0.15) is 0 Å². The minimum absolute atomic E-state index is 0.375. The summed E-state index contributed by atoms with van der Waals surface area (Å²) in [5.41, 5.74) is -0.440. The van der Waals surface area contributed by atoms with Crippen molar-refractivity contribution in [1.29, 1.82) is 0 Å². The summed E-state index contributed by atoms with van der Waals surface area (Å²) in [6, 6.07) is 6.15. The highest BCUT2D eigenvalue weighted by atomic mass is 32.2. The Morgan fingerprint density at radius 1 is 1.54 bits per heavy atom. The summed E-state index contributed by atoms with van der Waals surface area (Å²) in [7, 11) is -3.58. The first-order chi connectivity index (χ1) is 5.93. The second-order valence-electron chi connectivity index (χ2n) is 2.41. The minimum Gasteiger partial charge on any atom is -0.258 e. The van der Waals surface area contributed by atoms with Crippen molar-refractivity contribution in [1.82, 2.24) is 0 Å². The fraction of sp³-hybridized carbons (Fsp3) is 0.143. The lowest BCUT2D eigenvalue weighted by atomic mass is 10.3. The maximum Gasteiger partial charge on any atom is 0.288 e. The molecule has 0 aliphatic rings. The Labute approximate surface area is 75.1 Å². The molecule has 0 amide bonds. The van der Waals surface area contributed by atoms with E-state index in [1.54, 1.807) is 0 Å². The third kappa shape index (κ3) is 2.03. The van der Waals surface area contributed by atoms with Crippen LogP contribution < -0.4 is 0 Å². The summed E-state index contributed by atoms with van der Waals surface area (Å²) in [6.45, 7) is 0. The Bertz CT molecular complexity index is 438. The van der Waals surface area contributed by atoms with Crippen LogP contribution in [0.1, 0.15) is 0 Å². The van der Waals surface area contributed by atoms with Gasteiger partial charge in [0.15, 0.2) is 14.7 Å². The van der Waals surface area contributed by atoms with E-state index in [0.29, 0.717) is 0 Å². The molecule has 1 aromatic carbocycles. The molecule has 0 unspecified atom stereocenters. The Morgan fingerprint density at radius 3 is 2.54 bits per heavy atom. The smallest absolute Gasteiger partial charge is 0.258 e. The van der Waals surface area contributed by atoms with Gasteiger partial charge in [0, 0.05) is 18.4 Å². The first kappa shape index (κ1) is 9.66. The molecule has 1 radical (unpaired) electrons. The molecule has 0 aliphatic heterocycles. The van der Waals surface area contributed by atoms with Gasteiger partial charge in [-0.15, -0.1) is 0 Å². The fourth-order valence-electron chi connectivity index (χ4n) is 0.853. The van der Waals surface area contributed by atoms with Crippen molar-refractivity contribution >= 4 is 15.5 Å². The number of nitro groups is 1. The zero-order chi connectivity index (χ0) is 10.1. The topological polar surface area (TPSA) is 77.3 Å². The molecule has 0 aromatic heterocycles. The second-order valence-corrected chi connectivity index (χ2v) is 4.37. The Hall–Kier alpha value is -1.43. The van der Waals surface area contributed by atoms with Crippen molar-refractivity contribution in [3.63, 3.8) is 0 Å². The van der Waals surface area contributed by atoms with Crippen LogP contribution in [0.4, 0.5) is 5.69 Å². The van der Waals surface area contributed by atoms with E-state index in [2.05, 4.69) is 6.07 Å². The minimum atomic E-state index is -3.58. The van der Waals surface area contributed by atoms with Crippen molar-refractivity contribution in [2.24, 2.45) is 0 Å². The van der Waals surface area contributed by atoms with Crippen LogP contribution in [0, 0.1) is 16.2 Å². The molecule has 69 valence electrons. The van der Waals surface area contributed by atoms with Crippen LogP contribution in [0.3, 0.4) is 0 Å². The molecule has 13 heavy (non-hydrogen) atoms. The van der Waals surface area contributed by atoms with Crippen LogP contribution in [0.25, 0.3) is 0 Å². The van der Waals surface area contributed by atoms with E-state index in [1.165, 1.54) is 12.1 Å². The van der Waals surface area contributed by atoms with Gasteiger partial charge in [-0.2, -0.15) is 0 Å². The number of sulfone groups is 1. The predicted octanol–water partition coefficient (Wildman–Crippen LogP) is 0.798. The number of nitro benzene ring substituents is 1. The summed E-state index contributed by atoms with van der Waals surface area (Å²) in [6.07, 6.45) is 0.909. The Kier molecular flexibility index (Phi) is 2.33. The fourth-order valence-corrected chi connectivity index (χ4v) is 1.66. The average Bonchev–Trinajstić information content (AvgIpc) is 2.03. The number of nitrogens with zero attached hydrogens (tertiary/aromatic N) is 1. The number of hydrogen-bond donors (Lipinski definition) is 0. The van der Waals surface area contributed by atoms with Crippen LogP contribution >= 0.6 is 0 Å². The highest BCUT2D eigenvalue weighted by molar-refractivity contribution is 7.90. The van der Waals surface area contributed by atoms with E-state index in [-0.39, 0.29) is 4.90 Å². The van der Waals surface area contributed by atoms with Crippen molar-refractivity contribution in [3.05, 3.63) is 34.4 Å². The Morgan fingerprint density at radius 2 is 2.15 bits per heavy atom. The quantitative estimate of drug-likeness (QED) is 0.522. The van der Waals surface area contributed by atoms with Gasteiger partial charge in [0.2, 0.25) is 0 Å². The van der Waals surface area contributed by atoms with Crippen LogP contribution in [-0.4, -0.2) is 19.6 Å². The molecule has 0 saturated carbocycles. The van der Waals surface area contributed by atoms with Crippen molar-refractivity contribution in [3.8, 4) is 0 Å². The predicted molar refractivity (Wildman–Crippen MR) is 45.0 cm³/mol. The molecule has 6 heteroatoms. The van der Waals surface area contributed by atoms with Gasteiger partial charge < -0.3 is 0 Å². The molecule has 0 atom stereocenters. The summed E-state index contributed by atoms with van der Waals surface area (Å²) in [4.78, 5) is 9.27. The summed E-state index contributed by atoms with van der Waals surface area (Å²) >= 11 is 0. The summed E-state index contributed by atoms with van der Waals surface area (Å²) in [5, 5.41) is 10.4. The monoisotopic (exact) mass is 200 g/mol. The third-order valence-corrected chi connectivity index (χ3v) is 2.43. The van der Waals surface area contributed by atoms with Gasteiger partial charge in [-0.3, -0.25) is 10.1 Å². The molecular formula is C7H6NO4S. The van der Waals surface area contributed by atoms with Crippen LogP contribution in [-0.2, 0) is 9.84 Å². The molecule has 5 nitrogen and oxygen atoms in total. The van der Waals surface area contributed by atoms with Crippen LogP contribution in [0.5, 0.6) is 0 Å². The third-order valence-electron chi connectivity index (χ3n) is 1.36. The first-order valence-corrected chi connectivity index (χ1v) is 5.17. The van der Waals surface area contributed by atoms with Crippen LogP contribution in [0.2, 0.25) is 0 Å². The molecule has 0 bridgehead atoms. The number of hydrogen-bond acceptors (Lipinski definition) is 4. The number of benzene rings is 1. The van der Waals surface area contributed by atoms with Gasteiger partial charge >= 0.3 is 0 Å². The van der Waals surface area contributed by atoms with Gasteiger partial charge in [-0.25, -0.2) is 8.42 Å². The van der Waals surface area contributed by atoms with Gasteiger partial charge in [-0.05, 0) is 0 Å². The van der Waals surface area contributed by atoms with Crippen LogP contribution in [0.15, 0.2) is 23.1 Å². The largest absolute Gasteiger partial charge is 0.288 e. The van der Waals surface area contributed by atoms with Crippen molar-refractivity contribution in [2.45, 2.75) is 4.90 Å². The molecule has 1 rings (SSSR count). The highest BCUT2D eigenvalue weighted by Crippen LogP contribution is 2.21. The van der Waals surface area contributed by atoms with Crippen molar-refractivity contribution in [2.75, 3.05) is 6.26 Å². The molecule has 0 aliphatic carbocycles. The van der Waals surface area contributed by atoms with E-state index in [4.69, 9.17) is 0 Å². The first-order valence-electron chi connectivity index (χ1n) is 3.28. The zero-order valence-electron chi connectivity index (χ0n) is 6.72. The van der Waals surface area contributed by atoms with Gasteiger partial charge in [0.05, 0.1) is 4.92 Å². The summed E-state index contributed by atoms with van der Waals surface area (Å²) in [5.74, 6) is 0. The molecule has 0 saturated heterocycles. The molecule has 1 aromatic rings. The van der Waals surface area contributed by atoms with E-state index in [9.17, 15) is 18.5 Å². The maximum absolute atomic E-state index is 11.0. The lowest BCUT2D eigenvalue weighted by Gasteiger charge is -1.97. The lowest BCUT2D eigenvalue weighted by molar-refractivity contribution is -0.387. The summed E-state index contributed by atoms with van der Waals surface area (Å²) < 4.78 is 22.0. The normalized spacial score (nSPS) is 11.2. The molecular weight excluding hydrogens is 194 g/mol. The van der Waals surface area contributed by atoms with E-state index < -0.39 is 20.4 Å². The van der Waals surface area contributed by atoms with Gasteiger partial charge in [-0.1, -0.05) is 12.1 Å². The molecule has 0 spiro atoms. The SMILES string of the molecule is CS(=O)(=O)c1[c]cccc1[N+](=O)[O-]. The van der Waals surface area contributed by atoms with E-state index >= 15 is 0 Å². The average molecular weight is 200 g/mol. The zero-order valence-corrected chi connectivity index (χ0v) is 7.54. The van der Waals surface area contributed by atoms with E-state index in [0.717, 1.165) is 12.3 Å². The molecule has 0 N–H and O–H groups in total. The molecule has 0 fully saturated rings. The van der Waals surface area contributed by atoms with E-state index in [1.807, 2.05) is 0 Å². The standard InChI is InChI=1S/C7H6NO4S/c1-13(11,12)7-5-3-2-4-6(7)8(9)10/h2-4H,1H3. The van der Waals surface area contributed by atoms with Crippen molar-refractivity contribution < 1.29 is 13.3 Å². The molecule has 0 heterocycles. The number of rotatable bonds is 2.